The summed E-state index contributed by atoms with van der Waals surface area (Å²) < 4.78 is 10.1. The second kappa shape index (κ2) is 3.98. The molecule has 0 spiro atoms. The number of para-hydroxylation sites is 1. The van der Waals surface area contributed by atoms with Crippen LogP contribution in [0.25, 0.3) is 11.0 Å². The Labute approximate surface area is 98.8 Å². The number of rotatable bonds is 1. The van der Waals surface area contributed by atoms with Crippen molar-refractivity contribution >= 4 is 11.0 Å². The Hall–Kier alpha value is -2.22. The van der Waals surface area contributed by atoms with E-state index < -0.39 is 0 Å². The van der Waals surface area contributed by atoms with Crippen molar-refractivity contribution in [3.05, 3.63) is 65.2 Å². The van der Waals surface area contributed by atoms with E-state index in [9.17, 15) is 0 Å². The third-order valence-electron chi connectivity index (χ3n) is 2.87. The number of furan rings is 1. The Balaban J connectivity index is 0.000000107. The summed E-state index contributed by atoms with van der Waals surface area (Å²) in [6, 6.07) is 16.1. The number of hydrogen-bond donors (Lipinski definition) is 0. The van der Waals surface area contributed by atoms with Gasteiger partial charge in [0.1, 0.15) is 11.3 Å². The van der Waals surface area contributed by atoms with Crippen molar-refractivity contribution in [2.24, 2.45) is 0 Å². The lowest BCUT2D eigenvalue weighted by Crippen LogP contribution is -1.92. The van der Waals surface area contributed by atoms with Crippen LogP contribution in [0.15, 0.2) is 59.2 Å². The molecule has 0 saturated carbocycles. The molecule has 2 aliphatic carbocycles. The average molecular weight is 224 g/mol. The minimum absolute atomic E-state index is 0.956. The van der Waals surface area contributed by atoms with Crippen LogP contribution < -0.4 is 4.74 Å². The Morgan fingerprint density at radius 3 is 2.41 bits per heavy atom. The zero-order chi connectivity index (χ0) is 11.7. The van der Waals surface area contributed by atoms with Crippen LogP contribution in [0, 0.1) is 10.4 Å². The van der Waals surface area contributed by atoms with Crippen molar-refractivity contribution in [1.82, 2.24) is 0 Å². The first-order valence-electron chi connectivity index (χ1n) is 5.49. The number of benzene rings is 2. The molecule has 0 aliphatic heterocycles. The summed E-state index contributed by atoms with van der Waals surface area (Å²) in [6.07, 6.45) is 1.70. The fraction of sp³-hybridized carbons (Fsp3) is 0.0667. The maximum Gasteiger partial charge on any atom is 0.133 e. The van der Waals surface area contributed by atoms with Gasteiger partial charge in [0.25, 0.3) is 0 Å². The quantitative estimate of drug-likeness (QED) is 0.491. The van der Waals surface area contributed by atoms with Gasteiger partial charge in [-0.1, -0.05) is 30.3 Å². The van der Waals surface area contributed by atoms with Gasteiger partial charge in [-0.3, -0.25) is 0 Å². The summed E-state index contributed by atoms with van der Waals surface area (Å²) in [7, 11) is 1.70. The minimum atomic E-state index is 0.956. The molecule has 0 fully saturated rings. The molecule has 84 valence electrons. The van der Waals surface area contributed by atoms with Crippen molar-refractivity contribution in [2.45, 2.75) is 0 Å². The highest BCUT2D eigenvalue weighted by Crippen LogP contribution is 2.22. The molecule has 1 aromatic heterocycles. The molecule has 17 heavy (non-hydrogen) atoms. The first-order chi connectivity index (χ1) is 8.38. The lowest BCUT2D eigenvalue weighted by atomic mass is 10.1. The van der Waals surface area contributed by atoms with E-state index in [4.69, 9.17) is 9.15 Å². The van der Waals surface area contributed by atoms with Gasteiger partial charge in [0.2, 0.25) is 0 Å². The molecule has 0 radical (unpaired) electrons. The van der Waals surface area contributed by atoms with Crippen LogP contribution in [0.4, 0.5) is 0 Å². The van der Waals surface area contributed by atoms with Crippen LogP contribution in [0.1, 0.15) is 0 Å². The lowest BCUT2D eigenvalue weighted by Gasteiger charge is -2.08. The van der Waals surface area contributed by atoms with Gasteiger partial charge in [-0.05, 0) is 23.4 Å². The van der Waals surface area contributed by atoms with E-state index >= 15 is 0 Å². The second-order valence-corrected chi connectivity index (χ2v) is 3.87. The minimum Gasteiger partial charge on any atom is -0.496 e. The largest absolute Gasteiger partial charge is 0.496 e. The molecule has 0 unspecified atom stereocenters. The number of fused-ring (bicyclic) bond motifs is 1. The highest BCUT2D eigenvalue weighted by atomic mass is 16.5. The van der Waals surface area contributed by atoms with Gasteiger partial charge < -0.3 is 9.15 Å². The van der Waals surface area contributed by atoms with E-state index in [1.165, 1.54) is 10.4 Å². The van der Waals surface area contributed by atoms with Crippen LogP contribution in [0.2, 0.25) is 0 Å². The van der Waals surface area contributed by atoms with Crippen LogP contribution in [-0.4, -0.2) is 7.11 Å². The van der Waals surface area contributed by atoms with Crippen LogP contribution in [0.5, 0.6) is 5.75 Å². The zero-order valence-corrected chi connectivity index (χ0v) is 9.51. The molecule has 0 bridgehead atoms. The molecule has 2 nitrogen and oxygen atoms in total. The Kier molecular flexibility index (Phi) is 2.33. The zero-order valence-electron chi connectivity index (χ0n) is 9.51. The summed E-state index contributed by atoms with van der Waals surface area (Å²) in [5.74, 6) is 1.03. The molecule has 2 aliphatic rings. The second-order valence-electron chi connectivity index (χ2n) is 3.87. The maximum atomic E-state index is 5.12. The standard InChI is InChI=1S/C8H6O.C7H6O/c1-2-4-8-7(3-1)5-6-9-8;1-8-7-4-5-2-3-6(5)7/h1-6H;2-4H,1H3. The van der Waals surface area contributed by atoms with E-state index in [0.717, 1.165) is 16.7 Å². The number of hydrogen-bond acceptors (Lipinski definition) is 2. The van der Waals surface area contributed by atoms with E-state index in [2.05, 4.69) is 12.1 Å². The molecule has 1 heterocycles. The summed E-state index contributed by atoms with van der Waals surface area (Å²) in [4.78, 5) is 0. The average Bonchev–Trinajstić information content (AvgIpc) is 2.81. The molecule has 0 saturated heterocycles. The first-order valence-corrected chi connectivity index (χ1v) is 5.49. The van der Waals surface area contributed by atoms with E-state index in [1.54, 1.807) is 13.4 Å². The van der Waals surface area contributed by atoms with Gasteiger partial charge in [-0.25, -0.2) is 0 Å². The Morgan fingerprint density at radius 2 is 1.88 bits per heavy atom. The molecule has 0 atom stereocenters. The number of methoxy groups -OCH3 is 1. The highest BCUT2D eigenvalue weighted by molar-refractivity contribution is 5.76. The fourth-order valence-electron chi connectivity index (χ4n) is 1.83. The third kappa shape index (κ3) is 1.68. The number of ether oxygens (including phenoxy) is 1. The van der Waals surface area contributed by atoms with E-state index in [0.29, 0.717) is 0 Å². The van der Waals surface area contributed by atoms with Crippen molar-refractivity contribution in [3.8, 4) is 5.75 Å². The van der Waals surface area contributed by atoms with Crippen LogP contribution >= 0.6 is 0 Å². The van der Waals surface area contributed by atoms with E-state index in [-0.39, 0.29) is 0 Å². The van der Waals surface area contributed by atoms with Gasteiger partial charge in [-0.2, -0.15) is 0 Å². The normalized spacial score (nSPS) is 10.6. The highest BCUT2D eigenvalue weighted by Gasteiger charge is 2.03. The third-order valence-corrected chi connectivity index (χ3v) is 2.87. The first kappa shape index (κ1) is 9.97. The van der Waals surface area contributed by atoms with Gasteiger partial charge in [0.15, 0.2) is 0 Å². The van der Waals surface area contributed by atoms with Crippen LogP contribution in [-0.2, 0) is 0 Å². The van der Waals surface area contributed by atoms with Gasteiger partial charge >= 0.3 is 0 Å². The molecule has 4 rings (SSSR count). The Bertz CT molecular complexity index is 711. The summed E-state index contributed by atoms with van der Waals surface area (Å²) in [6.45, 7) is 0. The van der Waals surface area contributed by atoms with Crippen LogP contribution in [0.3, 0.4) is 0 Å². The van der Waals surface area contributed by atoms with Gasteiger partial charge in [0, 0.05) is 10.6 Å². The van der Waals surface area contributed by atoms with Crippen molar-refractivity contribution in [1.29, 1.82) is 0 Å². The summed E-state index contributed by atoms with van der Waals surface area (Å²) >= 11 is 0. The maximum absolute atomic E-state index is 5.12. The van der Waals surface area contributed by atoms with Crippen molar-refractivity contribution < 1.29 is 9.15 Å². The van der Waals surface area contributed by atoms with Gasteiger partial charge in [0.05, 0.1) is 13.4 Å². The molecule has 2 heteroatoms. The predicted molar refractivity (Wildman–Crippen MR) is 66.9 cm³/mol. The summed E-state index contributed by atoms with van der Waals surface area (Å²) in [5.41, 5.74) is 0.956. The molecule has 0 N–H and O–H groups in total. The fourth-order valence-corrected chi connectivity index (χ4v) is 1.83. The van der Waals surface area contributed by atoms with Gasteiger partial charge in [-0.15, -0.1) is 0 Å². The topological polar surface area (TPSA) is 22.4 Å². The smallest absolute Gasteiger partial charge is 0.133 e. The summed E-state index contributed by atoms with van der Waals surface area (Å²) in [5, 5.41) is 3.78. The van der Waals surface area contributed by atoms with Crippen molar-refractivity contribution in [2.75, 3.05) is 7.11 Å². The predicted octanol–water partition coefficient (Wildman–Crippen LogP) is 3.73. The Morgan fingerprint density at radius 1 is 1.00 bits per heavy atom. The monoisotopic (exact) mass is 224 g/mol. The molecule has 2 aromatic rings. The van der Waals surface area contributed by atoms with Crippen molar-refractivity contribution in [3.63, 3.8) is 0 Å². The SMILES string of the molecule is COc1cc2ccc1=2.c1ccc2occc2c1. The molecular formula is C15H12O2. The van der Waals surface area contributed by atoms with E-state index in [1.807, 2.05) is 36.4 Å². The molecule has 1 aromatic carbocycles. The molecular weight excluding hydrogens is 212 g/mol. The molecule has 0 amide bonds. The lowest BCUT2D eigenvalue weighted by molar-refractivity contribution is 0.407.